The van der Waals surface area contributed by atoms with E-state index in [9.17, 15) is 9.18 Å². The van der Waals surface area contributed by atoms with Crippen molar-refractivity contribution in [1.82, 2.24) is 5.16 Å². The Hall–Kier alpha value is -2.61. The SMILES string of the molecule is Cc1cc(NC(=O)[C@@H](C)Nc2ccc(N3CCOCC3)c(F)c2)on1. The van der Waals surface area contributed by atoms with E-state index in [4.69, 9.17) is 9.26 Å². The summed E-state index contributed by atoms with van der Waals surface area (Å²) in [6.45, 7) is 5.97. The molecule has 0 bridgehead atoms. The average molecular weight is 348 g/mol. The number of anilines is 3. The molecule has 0 saturated carbocycles. The average Bonchev–Trinajstić information content (AvgIpc) is 3.00. The second kappa shape index (κ2) is 7.52. The normalized spacial score (nSPS) is 15.7. The molecule has 3 rings (SSSR count). The molecule has 1 saturated heterocycles. The van der Waals surface area contributed by atoms with Crippen LogP contribution in [0.3, 0.4) is 0 Å². The number of aromatic nitrogens is 1. The monoisotopic (exact) mass is 348 g/mol. The van der Waals surface area contributed by atoms with Gasteiger partial charge in [0.05, 0.1) is 24.6 Å². The molecule has 25 heavy (non-hydrogen) atoms. The molecule has 134 valence electrons. The quantitative estimate of drug-likeness (QED) is 0.864. The Bertz CT molecular complexity index is 743. The van der Waals surface area contributed by atoms with Gasteiger partial charge in [-0.1, -0.05) is 5.16 Å². The lowest BCUT2D eigenvalue weighted by Gasteiger charge is -2.29. The van der Waals surface area contributed by atoms with Crippen molar-refractivity contribution >= 4 is 23.2 Å². The molecule has 1 aliphatic rings. The maximum Gasteiger partial charge on any atom is 0.248 e. The lowest BCUT2D eigenvalue weighted by Crippen LogP contribution is -2.36. The highest BCUT2D eigenvalue weighted by atomic mass is 19.1. The number of ether oxygens (including phenoxy) is 1. The standard InChI is InChI=1S/C17H21FN4O3/c1-11-9-16(25-21-11)20-17(23)12(2)19-13-3-4-15(14(18)10-13)22-5-7-24-8-6-22/h3-4,9-10,12,19H,5-8H2,1-2H3,(H,20,23)/t12-/m1/s1. The highest BCUT2D eigenvalue weighted by Gasteiger charge is 2.18. The number of nitrogens with one attached hydrogen (secondary N) is 2. The molecule has 7 nitrogen and oxygen atoms in total. The van der Waals surface area contributed by atoms with Gasteiger partial charge in [-0.2, -0.15) is 0 Å². The van der Waals surface area contributed by atoms with Crippen LogP contribution in [0.25, 0.3) is 0 Å². The molecule has 2 aromatic rings. The highest BCUT2D eigenvalue weighted by Crippen LogP contribution is 2.24. The Labute approximate surface area is 145 Å². The summed E-state index contributed by atoms with van der Waals surface area (Å²) in [5, 5.41) is 9.30. The fourth-order valence-corrected chi connectivity index (χ4v) is 2.63. The minimum atomic E-state index is -0.570. The van der Waals surface area contributed by atoms with Crippen molar-refractivity contribution in [3.05, 3.63) is 35.8 Å². The predicted octanol–water partition coefficient (Wildman–Crippen LogP) is 2.40. The summed E-state index contributed by atoms with van der Waals surface area (Å²) in [6, 6.07) is 5.93. The van der Waals surface area contributed by atoms with Gasteiger partial charge in [0.1, 0.15) is 11.9 Å². The van der Waals surface area contributed by atoms with Crippen LogP contribution in [0.4, 0.5) is 21.6 Å². The minimum absolute atomic E-state index is 0.282. The number of morpholine rings is 1. The first-order chi connectivity index (χ1) is 12.0. The fourth-order valence-electron chi connectivity index (χ4n) is 2.63. The number of carbonyl (C=O) groups excluding carboxylic acids is 1. The van der Waals surface area contributed by atoms with E-state index in [-0.39, 0.29) is 17.6 Å². The second-order valence-corrected chi connectivity index (χ2v) is 5.95. The molecule has 1 aromatic carbocycles. The number of hydrogen-bond acceptors (Lipinski definition) is 6. The van der Waals surface area contributed by atoms with E-state index in [1.165, 1.54) is 6.07 Å². The van der Waals surface area contributed by atoms with Gasteiger partial charge in [0.25, 0.3) is 0 Å². The van der Waals surface area contributed by atoms with E-state index in [0.29, 0.717) is 43.4 Å². The van der Waals surface area contributed by atoms with E-state index in [1.54, 1.807) is 32.0 Å². The molecule has 0 aliphatic carbocycles. The number of benzene rings is 1. The zero-order valence-corrected chi connectivity index (χ0v) is 14.2. The molecule has 2 heterocycles. The summed E-state index contributed by atoms with van der Waals surface area (Å²) in [5.74, 6) is -0.343. The van der Waals surface area contributed by atoms with Gasteiger partial charge >= 0.3 is 0 Å². The van der Waals surface area contributed by atoms with Gasteiger partial charge in [-0.15, -0.1) is 0 Å². The largest absolute Gasteiger partial charge is 0.378 e. The molecule has 0 spiro atoms. The molecule has 2 N–H and O–H groups in total. The van der Waals surface area contributed by atoms with Crippen LogP contribution in [0.1, 0.15) is 12.6 Å². The third-order valence-electron chi connectivity index (χ3n) is 3.95. The molecule has 1 fully saturated rings. The summed E-state index contributed by atoms with van der Waals surface area (Å²) in [4.78, 5) is 14.1. The van der Waals surface area contributed by atoms with Crippen LogP contribution < -0.4 is 15.5 Å². The van der Waals surface area contributed by atoms with E-state index in [1.807, 2.05) is 4.90 Å². The van der Waals surface area contributed by atoms with Crippen LogP contribution in [0.15, 0.2) is 28.8 Å². The van der Waals surface area contributed by atoms with E-state index in [0.717, 1.165) is 0 Å². The van der Waals surface area contributed by atoms with Crippen LogP contribution in [0, 0.1) is 12.7 Å². The number of halogens is 1. The van der Waals surface area contributed by atoms with Crippen molar-refractivity contribution in [2.24, 2.45) is 0 Å². The summed E-state index contributed by atoms with van der Waals surface area (Å²) >= 11 is 0. The summed E-state index contributed by atoms with van der Waals surface area (Å²) in [7, 11) is 0. The fraction of sp³-hybridized carbons (Fsp3) is 0.412. The Morgan fingerprint density at radius 2 is 2.08 bits per heavy atom. The number of carbonyl (C=O) groups is 1. The first-order valence-electron chi connectivity index (χ1n) is 8.16. The topological polar surface area (TPSA) is 79.6 Å². The summed E-state index contributed by atoms with van der Waals surface area (Å²) < 4.78 is 24.6. The van der Waals surface area contributed by atoms with Crippen molar-refractivity contribution in [2.75, 3.05) is 41.8 Å². The zero-order valence-electron chi connectivity index (χ0n) is 14.2. The van der Waals surface area contributed by atoms with E-state index < -0.39 is 6.04 Å². The maximum absolute atomic E-state index is 14.4. The first-order valence-corrected chi connectivity index (χ1v) is 8.16. The molecule has 1 atom stereocenters. The van der Waals surface area contributed by atoms with Crippen molar-refractivity contribution in [3.8, 4) is 0 Å². The van der Waals surface area contributed by atoms with Crippen LogP contribution >= 0.6 is 0 Å². The van der Waals surface area contributed by atoms with Gasteiger partial charge in [0.2, 0.25) is 11.8 Å². The van der Waals surface area contributed by atoms with Gasteiger partial charge in [-0.3, -0.25) is 10.1 Å². The van der Waals surface area contributed by atoms with Crippen LogP contribution in [0.5, 0.6) is 0 Å². The second-order valence-electron chi connectivity index (χ2n) is 5.95. The van der Waals surface area contributed by atoms with Gasteiger partial charge in [0.15, 0.2) is 0 Å². The van der Waals surface area contributed by atoms with Crippen molar-refractivity contribution in [2.45, 2.75) is 19.9 Å². The molecule has 1 aliphatic heterocycles. The number of hydrogen-bond donors (Lipinski definition) is 2. The molecular formula is C17H21FN4O3. The molecular weight excluding hydrogens is 327 g/mol. The number of amides is 1. The lowest BCUT2D eigenvalue weighted by molar-refractivity contribution is -0.116. The molecule has 8 heteroatoms. The Morgan fingerprint density at radius 3 is 2.72 bits per heavy atom. The highest BCUT2D eigenvalue weighted by molar-refractivity contribution is 5.95. The van der Waals surface area contributed by atoms with Crippen molar-refractivity contribution in [1.29, 1.82) is 0 Å². The lowest BCUT2D eigenvalue weighted by atomic mass is 10.2. The number of rotatable bonds is 5. The third-order valence-corrected chi connectivity index (χ3v) is 3.95. The third kappa shape index (κ3) is 4.27. The van der Waals surface area contributed by atoms with E-state index in [2.05, 4.69) is 15.8 Å². The number of aryl methyl sites for hydroxylation is 1. The zero-order chi connectivity index (χ0) is 17.8. The predicted molar refractivity (Wildman–Crippen MR) is 92.4 cm³/mol. The van der Waals surface area contributed by atoms with Gasteiger partial charge in [0, 0.05) is 24.8 Å². The molecule has 0 radical (unpaired) electrons. The Balaban J connectivity index is 1.61. The molecule has 0 unspecified atom stereocenters. The Kier molecular flexibility index (Phi) is 5.18. The van der Waals surface area contributed by atoms with Gasteiger partial charge in [-0.25, -0.2) is 4.39 Å². The maximum atomic E-state index is 14.4. The van der Waals surface area contributed by atoms with Crippen LogP contribution in [-0.2, 0) is 9.53 Å². The van der Waals surface area contributed by atoms with Crippen molar-refractivity contribution in [3.63, 3.8) is 0 Å². The van der Waals surface area contributed by atoms with Crippen molar-refractivity contribution < 1.29 is 18.4 Å². The van der Waals surface area contributed by atoms with Gasteiger partial charge < -0.3 is 19.5 Å². The smallest absolute Gasteiger partial charge is 0.248 e. The molecule has 1 aromatic heterocycles. The number of nitrogens with zero attached hydrogens (tertiary/aromatic N) is 2. The minimum Gasteiger partial charge on any atom is -0.378 e. The first kappa shape index (κ1) is 17.2. The Morgan fingerprint density at radius 1 is 1.32 bits per heavy atom. The van der Waals surface area contributed by atoms with Crippen LogP contribution in [0.2, 0.25) is 0 Å². The summed E-state index contributed by atoms with van der Waals surface area (Å²) in [5.41, 5.74) is 1.76. The van der Waals surface area contributed by atoms with Crippen LogP contribution in [-0.4, -0.2) is 43.4 Å². The van der Waals surface area contributed by atoms with Gasteiger partial charge in [-0.05, 0) is 32.0 Å². The summed E-state index contributed by atoms with van der Waals surface area (Å²) in [6.07, 6.45) is 0. The molecule has 1 amide bonds. The van der Waals surface area contributed by atoms with E-state index >= 15 is 0 Å².